The van der Waals surface area contributed by atoms with Gasteiger partial charge in [-0.25, -0.2) is 0 Å². The van der Waals surface area contributed by atoms with Crippen molar-refractivity contribution >= 4 is 0 Å². The first kappa shape index (κ1) is 14.3. The summed E-state index contributed by atoms with van der Waals surface area (Å²) in [5.74, 6) is 1.03. The molecule has 0 N–H and O–H groups in total. The summed E-state index contributed by atoms with van der Waals surface area (Å²) in [7, 11) is 0. The third kappa shape index (κ3) is 5.04. The highest BCUT2D eigenvalue weighted by molar-refractivity contribution is 5.06. The van der Waals surface area contributed by atoms with Crippen LogP contribution in [0.3, 0.4) is 0 Å². The molecule has 0 aromatic carbocycles. The molecule has 0 spiro atoms. The molecular formula is C15H21N3. The molecule has 0 unspecified atom stereocenters. The van der Waals surface area contributed by atoms with Gasteiger partial charge in [-0.15, -0.1) is 0 Å². The molecule has 2 aromatic heterocycles. The van der Waals surface area contributed by atoms with E-state index in [1.165, 1.54) is 0 Å². The number of hydrogen-bond donors (Lipinski definition) is 0. The van der Waals surface area contributed by atoms with Crippen molar-refractivity contribution in [1.29, 1.82) is 0 Å². The summed E-state index contributed by atoms with van der Waals surface area (Å²) in [4.78, 5) is 12.2. The predicted octanol–water partition coefficient (Wildman–Crippen LogP) is 3.81. The summed E-state index contributed by atoms with van der Waals surface area (Å²) in [6.07, 6.45) is 7.03. The second-order valence-corrected chi connectivity index (χ2v) is 4.69. The lowest BCUT2D eigenvalue weighted by atomic mass is 10.1. The van der Waals surface area contributed by atoms with E-state index in [2.05, 4.69) is 42.6 Å². The molecule has 0 saturated heterocycles. The van der Waals surface area contributed by atoms with Gasteiger partial charge in [0.1, 0.15) is 0 Å². The van der Waals surface area contributed by atoms with Gasteiger partial charge < -0.3 is 0 Å². The summed E-state index contributed by atoms with van der Waals surface area (Å²) in [5.41, 5.74) is 2.22. The van der Waals surface area contributed by atoms with Crippen LogP contribution >= 0.6 is 0 Å². The number of nitrogens with zero attached hydrogens (tertiary/aromatic N) is 3. The van der Waals surface area contributed by atoms with Gasteiger partial charge >= 0.3 is 0 Å². The number of rotatable bonds is 2. The van der Waals surface area contributed by atoms with Gasteiger partial charge in [-0.05, 0) is 24.0 Å². The van der Waals surface area contributed by atoms with Crippen LogP contribution in [0.25, 0.3) is 0 Å². The highest BCUT2D eigenvalue weighted by Gasteiger charge is 1.96. The molecule has 0 aliphatic rings. The highest BCUT2D eigenvalue weighted by atomic mass is 14.8. The second kappa shape index (κ2) is 7.54. The van der Waals surface area contributed by atoms with E-state index >= 15 is 0 Å². The zero-order chi connectivity index (χ0) is 13.4. The van der Waals surface area contributed by atoms with E-state index in [1.807, 2.05) is 24.4 Å². The third-order valence-electron chi connectivity index (χ3n) is 2.45. The first-order valence-corrected chi connectivity index (χ1v) is 6.28. The van der Waals surface area contributed by atoms with Gasteiger partial charge in [0.05, 0.1) is 5.69 Å². The molecule has 3 heteroatoms. The lowest BCUT2D eigenvalue weighted by Crippen LogP contribution is -1.91. The van der Waals surface area contributed by atoms with Crippen molar-refractivity contribution < 1.29 is 0 Å². The molecule has 0 aliphatic carbocycles. The molecule has 3 nitrogen and oxygen atoms in total. The average Bonchev–Trinajstić information content (AvgIpc) is 2.41. The van der Waals surface area contributed by atoms with E-state index in [-0.39, 0.29) is 0 Å². The summed E-state index contributed by atoms with van der Waals surface area (Å²) in [5, 5.41) is 0. The molecular weight excluding hydrogens is 222 g/mol. The molecule has 2 rings (SSSR count). The maximum atomic E-state index is 4.18. The quantitative estimate of drug-likeness (QED) is 0.805. The maximum absolute atomic E-state index is 4.18. The zero-order valence-electron chi connectivity index (χ0n) is 11.5. The number of hydrogen-bond acceptors (Lipinski definition) is 3. The number of aromatic nitrogens is 3. The monoisotopic (exact) mass is 243 g/mol. The normalized spacial score (nSPS) is 10.1. The van der Waals surface area contributed by atoms with Crippen LogP contribution < -0.4 is 0 Å². The Morgan fingerprint density at radius 3 is 1.78 bits per heavy atom. The summed E-state index contributed by atoms with van der Waals surface area (Å²) < 4.78 is 0. The molecule has 0 atom stereocenters. The molecule has 0 saturated carbocycles. The Hall–Kier alpha value is -1.77. The van der Waals surface area contributed by atoms with E-state index in [4.69, 9.17) is 0 Å². The predicted molar refractivity (Wildman–Crippen MR) is 74.4 cm³/mol. The Morgan fingerprint density at radius 1 is 0.778 bits per heavy atom. The Balaban J connectivity index is 0.000000180. The maximum Gasteiger partial charge on any atom is 0.0612 e. The fraction of sp³-hybridized carbons (Fsp3) is 0.400. The topological polar surface area (TPSA) is 38.7 Å². The smallest absolute Gasteiger partial charge is 0.0612 e. The van der Waals surface area contributed by atoms with Gasteiger partial charge in [0, 0.05) is 30.5 Å². The van der Waals surface area contributed by atoms with Crippen molar-refractivity contribution in [1.82, 2.24) is 15.0 Å². The van der Waals surface area contributed by atoms with Crippen molar-refractivity contribution in [3.63, 3.8) is 0 Å². The SMILES string of the molecule is CC(C)c1ccccn1.CC(C)c1cnccn1. The van der Waals surface area contributed by atoms with Crippen LogP contribution in [0.4, 0.5) is 0 Å². The fourth-order valence-corrected chi connectivity index (χ4v) is 1.33. The molecule has 2 aromatic rings. The van der Waals surface area contributed by atoms with Crippen LogP contribution in [0, 0.1) is 0 Å². The molecule has 0 aliphatic heterocycles. The van der Waals surface area contributed by atoms with Crippen LogP contribution in [-0.2, 0) is 0 Å². The Labute approximate surface area is 109 Å². The van der Waals surface area contributed by atoms with E-state index in [0.717, 1.165) is 11.4 Å². The van der Waals surface area contributed by atoms with Crippen molar-refractivity contribution in [2.24, 2.45) is 0 Å². The number of pyridine rings is 1. The van der Waals surface area contributed by atoms with Gasteiger partial charge in [-0.1, -0.05) is 33.8 Å². The van der Waals surface area contributed by atoms with Gasteiger partial charge in [0.2, 0.25) is 0 Å². The first-order chi connectivity index (χ1) is 8.61. The highest BCUT2D eigenvalue weighted by Crippen LogP contribution is 2.08. The lowest BCUT2D eigenvalue weighted by Gasteiger charge is -2.00. The van der Waals surface area contributed by atoms with Crippen LogP contribution in [0.2, 0.25) is 0 Å². The standard InChI is InChI=1S/C8H11N.C7H10N2/c1-7(2)8-5-3-4-6-9-8;1-6(2)7-5-8-3-4-9-7/h3-7H,1-2H3;3-6H,1-2H3. The lowest BCUT2D eigenvalue weighted by molar-refractivity contribution is 0.812. The Morgan fingerprint density at radius 2 is 1.44 bits per heavy atom. The minimum Gasteiger partial charge on any atom is -0.261 e. The Bertz CT molecular complexity index is 381. The molecule has 96 valence electrons. The van der Waals surface area contributed by atoms with Crippen molar-refractivity contribution in [2.75, 3.05) is 0 Å². The molecule has 0 radical (unpaired) electrons. The molecule has 0 amide bonds. The van der Waals surface area contributed by atoms with Crippen molar-refractivity contribution in [3.05, 3.63) is 54.4 Å². The van der Waals surface area contributed by atoms with Crippen LogP contribution in [0.1, 0.15) is 50.9 Å². The van der Waals surface area contributed by atoms with Crippen molar-refractivity contribution in [3.8, 4) is 0 Å². The summed E-state index contributed by atoms with van der Waals surface area (Å²) in [6, 6.07) is 6.00. The van der Waals surface area contributed by atoms with Crippen molar-refractivity contribution in [2.45, 2.75) is 39.5 Å². The van der Waals surface area contributed by atoms with Gasteiger partial charge in [-0.2, -0.15) is 0 Å². The van der Waals surface area contributed by atoms with Crippen LogP contribution in [-0.4, -0.2) is 15.0 Å². The first-order valence-electron chi connectivity index (χ1n) is 6.28. The van der Waals surface area contributed by atoms with Gasteiger partial charge in [0.25, 0.3) is 0 Å². The molecule has 0 bridgehead atoms. The third-order valence-corrected chi connectivity index (χ3v) is 2.45. The molecule has 0 fully saturated rings. The molecule has 2 heterocycles. The van der Waals surface area contributed by atoms with Crippen LogP contribution in [0.15, 0.2) is 43.0 Å². The average molecular weight is 243 g/mol. The van der Waals surface area contributed by atoms with E-state index in [1.54, 1.807) is 18.6 Å². The largest absolute Gasteiger partial charge is 0.261 e. The zero-order valence-corrected chi connectivity index (χ0v) is 11.5. The van der Waals surface area contributed by atoms with Gasteiger partial charge in [0.15, 0.2) is 0 Å². The van der Waals surface area contributed by atoms with E-state index in [9.17, 15) is 0 Å². The Kier molecular flexibility index (Phi) is 5.98. The summed E-state index contributed by atoms with van der Waals surface area (Å²) >= 11 is 0. The van der Waals surface area contributed by atoms with E-state index in [0.29, 0.717) is 11.8 Å². The van der Waals surface area contributed by atoms with Crippen LogP contribution in [0.5, 0.6) is 0 Å². The summed E-state index contributed by atoms with van der Waals surface area (Å²) in [6.45, 7) is 8.48. The minimum absolute atomic E-state index is 0.485. The van der Waals surface area contributed by atoms with Gasteiger partial charge in [-0.3, -0.25) is 15.0 Å². The minimum atomic E-state index is 0.485. The fourth-order valence-electron chi connectivity index (χ4n) is 1.33. The second-order valence-electron chi connectivity index (χ2n) is 4.69. The molecule has 18 heavy (non-hydrogen) atoms. The van der Waals surface area contributed by atoms with E-state index < -0.39 is 0 Å².